The van der Waals surface area contributed by atoms with Crippen molar-refractivity contribution in [2.45, 2.75) is 71.9 Å². The van der Waals surface area contributed by atoms with Crippen LogP contribution in [-0.2, 0) is 4.74 Å². The third-order valence-electron chi connectivity index (χ3n) is 4.38. The highest BCUT2D eigenvalue weighted by Gasteiger charge is 2.34. The summed E-state index contributed by atoms with van der Waals surface area (Å²) in [6, 6.07) is 0.222. The van der Waals surface area contributed by atoms with Gasteiger partial charge in [-0.3, -0.25) is 0 Å². The van der Waals surface area contributed by atoms with Crippen molar-refractivity contribution in [2.75, 3.05) is 6.61 Å². The summed E-state index contributed by atoms with van der Waals surface area (Å²) in [4.78, 5) is 0. The lowest BCUT2D eigenvalue weighted by atomic mass is 9.72. The summed E-state index contributed by atoms with van der Waals surface area (Å²) in [5.41, 5.74) is 6.52. The standard InChI is InChI=1S/C15H31NO/c1-5-12-9-7-8-10-13(12)14(16)15(11(3)4)17-6-2/h11-15H,5-10,16H2,1-4H3. The molecule has 0 aromatic carbocycles. The lowest BCUT2D eigenvalue weighted by molar-refractivity contribution is -0.0151. The van der Waals surface area contributed by atoms with E-state index in [1.165, 1.54) is 32.1 Å². The Morgan fingerprint density at radius 3 is 2.35 bits per heavy atom. The highest BCUT2D eigenvalue weighted by Crippen LogP contribution is 2.36. The Hall–Kier alpha value is -0.0800. The first-order valence-electron chi connectivity index (χ1n) is 7.48. The average Bonchev–Trinajstić information content (AvgIpc) is 2.34. The molecule has 0 amide bonds. The van der Waals surface area contributed by atoms with Crippen molar-refractivity contribution >= 4 is 0 Å². The highest BCUT2D eigenvalue weighted by atomic mass is 16.5. The Balaban J connectivity index is 2.66. The molecule has 1 saturated carbocycles. The molecule has 1 fully saturated rings. The number of hydrogen-bond donors (Lipinski definition) is 1. The monoisotopic (exact) mass is 241 g/mol. The van der Waals surface area contributed by atoms with Gasteiger partial charge in [0.25, 0.3) is 0 Å². The van der Waals surface area contributed by atoms with E-state index in [1.807, 2.05) is 0 Å². The quantitative estimate of drug-likeness (QED) is 0.771. The van der Waals surface area contributed by atoms with Gasteiger partial charge in [-0.1, -0.05) is 46.5 Å². The van der Waals surface area contributed by atoms with E-state index in [9.17, 15) is 0 Å². The first kappa shape index (κ1) is 15.0. The Bertz CT molecular complexity index is 205. The number of nitrogens with two attached hydrogens (primary N) is 1. The predicted molar refractivity (Wildman–Crippen MR) is 74.0 cm³/mol. The molecule has 2 heteroatoms. The zero-order valence-electron chi connectivity index (χ0n) is 12.1. The third kappa shape index (κ3) is 3.96. The van der Waals surface area contributed by atoms with E-state index in [0.717, 1.165) is 12.5 Å². The minimum Gasteiger partial charge on any atom is -0.377 e. The van der Waals surface area contributed by atoms with Gasteiger partial charge in [0.15, 0.2) is 0 Å². The minimum absolute atomic E-state index is 0.222. The SMILES string of the molecule is CCOC(C(C)C)C(N)C1CCCCC1CC. The lowest BCUT2D eigenvalue weighted by Crippen LogP contribution is -2.48. The van der Waals surface area contributed by atoms with Gasteiger partial charge in [0.1, 0.15) is 0 Å². The maximum Gasteiger partial charge on any atom is 0.0751 e. The zero-order valence-corrected chi connectivity index (χ0v) is 12.1. The lowest BCUT2D eigenvalue weighted by Gasteiger charge is -2.39. The normalized spacial score (nSPS) is 29.3. The Kier molecular flexibility index (Phi) is 6.50. The second-order valence-corrected chi connectivity index (χ2v) is 5.86. The van der Waals surface area contributed by atoms with Crippen molar-refractivity contribution < 1.29 is 4.74 Å². The smallest absolute Gasteiger partial charge is 0.0751 e. The van der Waals surface area contributed by atoms with Crippen molar-refractivity contribution in [2.24, 2.45) is 23.5 Å². The molecule has 0 aromatic heterocycles. The first-order valence-corrected chi connectivity index (χ1v) is 7.48. The highest BCUT2D eigenvalue weighted by molar-refractivity contribution is 4.88. The van der Waals surface area contributed by atoms with Gasteiger partial charge in [0, 0.05) is 12.6 Å². The summed E-state index contributed by atoms with van der Waals surface area (Å²) in [7, 11) is 0. The van der Waals surface area contributed by atoms with E-state index in [0.29, 0.717) is 11.8 Å². The summed E-state index contributed by atoms with van der Waals surface area (Å²) >= 11 is 0. The van der Waals surface area contributed by atoms with Crippen LogP contribution in [0.5, 0.6) is 0 Å². The van der Waals surface area contributed by atoms with Crippen molar-refractivity contribution in [3.63, 3.8) is 0 Å². The molecule has 2 N–H and O–H groups in total. The molecule has 17 heavy (non-hydrogen) atoms. The average molecular weight is 241 g/mol. The van der Waals surface area contributed by atoms with Crippen LogP contribution in [0, 0.1) is 17.8 Å². The molecule has 0 saturated heterocycles. The molecule has 0 spiro atoms. The molecule has 0 aliphatic heterocycles. The molecule has 4 unspecified atom stereocenters. The maximum atomic E-state index is 6.52. The van der Waals surface area contributed by atoms with Gasteiger partial charge in [0.2, 0.25) is 0 Å². The Morgan fingerprint density at radius 1 is 1.18 bits per heavy atom. The van der Waals surface area contributed by atoms with Gasteiger partial charge < -0.3 is 10.5 Å². The second-order valence-electron chi connectivity index (χ2n) is 5.86. The Morgan fingerprint density at radius 2 is 1.82 bits per heavy atom. The van der Waals surface area contributed by atoms with E-state index in [-0.39, 0.29) is 12.1 Å². The molecule has 0 radical (unpaired) electrons. The maximum absolute atomic E-state index is 6.52. The first-order chi connectivity index (χ1) is 8.11. The van der Waals surface area contributed by atoms with Gasteiger partial charge in [-0.15, -0.1) is 0 Å². The summed E-state index contributed by atoms with van der Waals surface area (Å²) in [5, 5.41) is 0. The van der Waals surface area contributed by atoms with Crippen LogP contribution in [0.15, 0.2) is 0 Å². The van der Waals surface area contributed by atoms with Crippen LogP contribution in [0.3, 0.4) is 0 Å². The molecule has 0 heterocycles. The van der Waals surface area contributed by atoms with Gasteiger partial charge in [-0.2, -0.15) is 0 Å². The zero-order chi connectivity index (χ0) is 12.8. The Labute approximate surface area is 107 Å². The number of hydrogen-bond acceptors (Lipinski definition) is 2. The van der Waals surface area contributed by atoms with E-state index < -0.39 is 0 Å². The number of ether oxygens (including phenoxy) is 1. The van der Waals surface area contributed by atoms with Crippen LogP contribution in [0.1, 0.15) is 59.8 Å². The molecular formula is C15H31NO. The molecule has 1 rings (SSSR count). The van der Waals surface area contributed by atoms with Crippen LogP contribution in [0.25, 0.3) is 0 Å². The van der Waals surface area contributed by atoms with Gasteiger partial charge in [-0.25, -0.2) is 0 Å². The predicted octanol–water partition coefficient (Wildman–Crippen LogP) is 3.59. The van der Waals surface area contributed by atoms with Gasteiger partial charge in [-0.05, 0) is 31.1 Å². The molecule has 1 aliphatic rings. The second kappa shape index (κ2) is 7.38. The number of rotatable bonds is 6. The van der Waals surface area contributed by atoms with Gasteiger partial charge in [0.05, 0.1) is 6.10 Å². The molecule has 102 valence electrons. The molecule has 0 bridgehead atoms. The van der Waals surface area contributed by atoms with Gasteiger partial charge >= 0.3 is 0 Å². The molecule has 2 nitrogen and oxygen atoms in total. The van der Waals surface area contributed by atoms with E-state index in [1.54, 1.807) is 0 Å². The minimum atomic E-state index is 0.222. The van der Waals surface area contributed by atoms with Crippen LogP contribution < -0.4 is 5.73 Å². The fourth-order valence-electron chi connectivity index (χ4n) is 3.43. The van der Waals surface area contributed by atoms with Crippen LogP contribution in [0.2, 0.25) is 0 Å². The summed E-state index contributed by atoms with van der Waals surface area (Å²) in [5.74, 6) is 2.01. The topological polar surface area (TPSA) is 35.2 Å². The van der Waals surface area contributed by atoms with Crippen molar-refractivity contribution in [3.8, 4) is 0 Å². The van der Waals surface area contributed by atoms with E-state index in [2.05, 4.69) is 27.7 Å². The summed E-state index contributed by atoms with van der Waals surface area (Å²) in [6.07, 6.45) is 6.92. The molecule has 1 aliphatic carbocycles. The summed E-state index contributed by atoms with van der Waals surface area (Å²) in [6.45, 7) is 9.61. The van der Waals surface area contributed by atoms with E-state index >= 15 is 0 Å². The summed E-state index contributed by atoms with van der Waals surface area (Å²) < 4.78 is 5.89. The largest absolute Gasteiger partial charge is 0.377 e. The van der Waals surface area contributed by atoms with Crippen LogP contribution >= 0.6 is 0 Å². The third-order valence-corrected chi connectivity index (χ3v) is 4.38. The van der Waals surface area contributed by atoms with Crippen molar-refractivity contribution in [3.05, 3.63) is 0 Å². The van der Waals surface area contributed by atoms with Crippen molar-refractivity contribution in [1.82, 2.24) is 0 Å². The molecule has 0 aromatic rings. The van der Waals surface area contributed by atoms with E-state index in [4.69, 9.17) is 10.5 Å². The molecule has 4 atom stereocenters. The van der Waals surface area contributed by atoms with Crippen LogP contribution in [0.4, 0.5) is 0 Å². The fourth-order valence-corrected chi connectivity index (χ4v) is 3.43. The molecular weight excluding hydrogens is 210 g/mol. The van der Waals surface area contributed by atoms with Crippen LogP contribution in [-0.4, -0.2) is 18.8 Å². The van der Waals surface area contributed by atoms with Crippen molar-refractivity contribution in [1.29, 1.82) is 0 Å². The fraction of sp³-hybridized carbons (Fsp3) is 1.00.